The second kappa shape index (κ2) is 8.89. The zero-order valence-electron chi connectivity index (χ0n) is 19.2. The first kappa shape index (κ1) is 22.3. The Morgan fingerprint density at radius 2 is 1.76 bits per heavy atom. The number of hydrogen-bond acceptors (Lipinski definition) is 9. The van der Waals surface area contributed by atoms with Gasteiger partial charge in [0.25, 0.3) is 6.01 Å². The molecule has 2 fully saturated rings. The highest BCUT2D eigenvalue weighted by Crippen LogP contribution is 2.33. The molecule has 0 spiro atoms. The summed E-state index contributed by atoms with van der Waals surface area (Å²) in [6, 6.07) is 13.8. The van der Waals surface area contributed by atoms with Crippen molar-refractivity contribution in [3.8, 4) is 34.2 Å². The molecule has 5 aromatic rings. The van der Waals surface area contributed by atoms with Gasteiger partial charge < -0.3 is 24.3 Å². The molecule has 2 N–H and O–H groups in total. The van der Waals surface area contributed by atoms with E-state index in [9.17, 15) is 5.11 Å². The third-order valence-electron chi connectivity index (χ3n) is 6.57. The van der Waals surface area contributed by atoms with Gasteiger partial charge in [0.1, 0.15) is 31.0 Å². The summed E-state index contributed by atoms with van der Waals surface area (Å²) in [5.41, 5.74) is 5.27. The van der Waals surface area contributed by atoms with E-state index < -0.39 is 6.10 Å². The summed E-state index contributed by atoms with van der Waals surface area (Å²) in [6.45, 7) is 0.548. The van der Waals surface area contributed by atoms with E-state index in [2.05, 4.69) is 30.1 Å². The number of ether oxygens (including phenoxy) is 3. The lowest BCUT2D eigenvalue weighted by Gasteiger charge is -2.15. The number of hydrogen-bond donors (Lipinski definition) is 2. The molecule has 0 saturated carbocycles. The number of H-pyrrole nitrogens is 1. The molecule has 37 heavy (non-hydrogen) atoms. The van der Waals surface area contributed by atoms with Crippen LogP contribution in [0.25, 0.3) is 39.4 Å². The lowest BCUT2D eigenvalue weighted by atomic mass is 10.1. The van der Waals surface area contributed by atoms with E-state index in [0.29, 0.717) is 34.5 Å². The Labute approximate surface area is 215 Å². The van der Waals surface area contributed by atoms with Crippen molar-refractivity contribution in [2.45, 2.75) is 24.4 Å². The summed E-state index contributed by atoms with van der Waals surface area (Å²) in [7, 11) is 0. The number of pyridine rings is 2. The van der Waals surface area contributed by atoms with Crippen LogP contribution in [0.4, 0.5) is 0 Å². The van der Waals surface area contributed by atoms with Gasteiger partial charge >= 0.3 is 0 Å². The standard InChI is InChI=1S/C25H20ClN7O4/c26-16-7-18-24(32-25(30-18)37-20-10-36-22-19(34)9-35-23(20)22)31-21(16)14-3-1-13(2-4-14)17-6-5-15(8-27-17)33-11-28-29-12-33/h1-8,11-12,19-20,22-23,34H,9-10H2,(H,30,31,32)/t19-,20-,22-,23-/m1/s1. The first-order valence-corrected chi connectivity index (χ1v) is 12.1. The monoisotopic (exact) mass is 517 g/mol. The van der Waals surface area contributed by atoms with Gasteiger partial charge in [0.15, 0.2) is 11.8 Å². The molecule has 186 valence electrons. The molecular weight excluding hydrogens is 498 g/mol. The Hall–Kier alpha value is -3.90. The van der Waals surface area contributed by atoms with Gasteiger partial charge in [-0.3, -0.25) is 9.55 Å². The second-order valence-corrected chi connectivity index (χ2v) is 9.31. The summed E-state index contributed by atoms with van der Waals surface area (Å²) in [5, 5.41) is 18.1. The minimum Gasteiger partial charge on any atom is -0.456 e. The molecule has 2 aliphatic heterocycles. The number of aliphatic hydroxyl groups excluding tert-OH is 1. The van der Waals surface area contributed by atoms with Gasteiger partial charge in [0.05, 0.1) is 47.0 Å². The van der Waals surface area contributed by atoms with E-state index >= 15 is 0 Å². The van der Waals surface area contributed by atoms with Crippen LogP contribution in [-0.2, 0) is 9.47 Å². The summed E-state index contributed by atoms with van der Waals surface area (Å²) < 4.78 is 19.0. The topological polar surface area (TPSA) is 133 Å². The number of aliphatic hydroxyl groups is 1. The molecule has 4 atom stereocenters. The van der Waals surface area contributed by atoms with Gasteiger partial charge in [-0.25, -0.2) is 4.98 Å². The summed E-state index contributed by atoms with van der Waals surface area (Å²) in [5.74, 6) is 0. The van der Waals surface area contributed by atoms with Gasteiger partial charge in [-0.2, -0.15) is 4.98 Å². The summed E-state index contributed by atoms with van der Waals surface area (Å²) >= 11 is 6.59. The van der Waals surface area contributed by atoms with Crippen molar-refractivity contribution in [1.29, 1.82) is 0 Å². The van der Waals surface area contributed by atoms with Crippen LogP contribution < -0.4 is 4.74 Å². The van der Waals surface area contributed by atoms with Crippen molar-refractivity contribution in [1.82, 2.24) is 34.7 Å². The third kappa shape index (κ3) is 4.02. The number of aromatic nitrogens is 7. The number of nitrogens with zero attached hydrogens (tertiary/aromatic N) is 6. The zero-order valence-corrected chi connectivity index (χ0v) is 20.0. The van der Waals surface area contributed by atoms with Crippen LogP contribution >= 0.6 is 11.6 Å². The van der Waals surface area contributed by atoms with Crippen LogP contribution in [0.5, 0.6) is 6.01 Å². The molecule has 12 heteroatoms. The predicted octanol–water partition coefficient (Wildman–Crippen LogP) is 2.83. The Bertz CT molecular complexity index is 1560. The van der Waals surface area contributed by atoms with Crippen LogP contribution in [-0.4, -0.2) is 77.4 Å². The number of benzene rings is 1. The fourth-order valence-corrected chi connectivity index (χ4v) is 4.95. The summed E-state index contributed by atoms with van der Waals surface area (Å²) in [6.07, 6.45) is 3.31. The molecule has 0 amide bonds. The Morgan fingerprint density at radius 3 is 2.54 bits per heavy atom. The van der Waals surface area contributed by atoms with Crippen molar-refractivity contribution < 1.29 is 19.3 Å². The number of rotatable bonds is 5. The number of aromatic amines is 1. The van der Waals surface area contributed by atoms with E-state index in [-0.39, 0.29) is 24.9 Å². The van der Waals surface area contributed by atoms with Crippen molar-refractivity contribution in [2.24, 2.45) is 0 Å². The maximum Gasteiger partial charge on any atom is 0.296 e. The zero-order chi connectivity index (χ0) is 24.9. The van der Waals surface area contributed by atoms with Gasteiger partial charge in [-0.15, -0.1) is 10.2 Å². The van der Waals surface area contributed by atoms with Gasteiger partial charge in [-0.1, -0.05) is 35.9 Å². The number of imidazole rings is 1. The SMILES string of the molecule is O[C@@H]1CO[C@H]2[C@@H]1OC[C@H]2Oc1nc2nc(-c3ccc(-c4ccc(-n5cnnc5)cn4)cc3)c(Cl)cc2[nH]1. The predicted molar refractivity (Wildman–Crippen MR) is 132 cm³/mol. The molecule has 7 rings (SSSR count). The quantitative estimate of drug-likeness (QED) is 0.361. The van der Waals surface area contributed by atoms with Crippen molar-refractivity contribution in [3.63, 3.8) is 0 Å². The van der Waals surface area contributed by atoms with E-state index in [4.69, 9.17) is 25.8 Å². The molecular formula is C25H20ClN7O4. The van der Waals surface area contributed by atoms with E-state index in [1.165, 1.54) is 0 Å². The average molecular weight is 518 g/mol. The highest BCUT2D eigenvalue weighted by Gasteiger charge is 2.48. The number of nitrogens with one attached hydrogen (secondary N) is 1. The highest BCUT2D eigenvalue weighted by molar-refractivity contribution is 6.33. The van der Waals surface area contributed by atoms with Crippen LogP contribution in [0.3, 0.4) is 0 Å². The largest absolute Gasteiger partial charge is 0.456 e. The average Bonchev–Trinajstić information content (AvgIpc) is 3.71. The Balaban J connectivity index is 1.11. The van der Waals surface area contributed by atoms with Crippen LogP contribution in [0.1, 0.15) is 0 Å². The molecule has 0 radical (unpaired) electrons. The smallest absolute Gasteiger partial charge is 0.296 e. The Morgan fingerprint density at radius 1 is 0.973 bits per heavy atom. The van der Waals surface area contributed by atoms with E-state index in [0.717, 1.165) is 22.5 Å². The normalized spacial score (nSPS) is 23.0. The molecule has 11 nitrogen and oxygen atoms in total. The maximum atomic E-state index is 9.93. The molecule has 2 saturated heterocycles. The fraction of sp³-hybridized carbons (Fsp3) is 0.240. The molecule has 1 aromatic carbocycles. The minimum atomic E-state index is -0.640. The number of halogens is 1. The van der Waals surface area contributed by atoms with Crippen LogP contribution in [0, 0.1) is 0 Å². The van der Waals surface area contributed by atoms with E-state index in [1.807, 2.05) is 36.4 Å². The maximum absolute atomic E-state index is 9.93. The molecule has 6 heterocycles. The second-order valence-electron chi connectivity index (χ2n) is 8.90. The molecule has 4 aromatic heterocycles. The van der Waals surface area contributed by atoms with Gasteiger partial charge in [-0.05, 0) is 18.2 Å². The fourth-order valence-electron chi connectivity index (χ4n) is 4.68. The van der Waals surface area contributed by atoms with Crippen LogP contribution in [0.15, 0.2) is 61.3 Å². The molecule has 0 unspecified atom stereocenters. The minimum absolute atomic E-state index is 0.235. The third-order valence-corrected chi connectivity index (χ3v) is 6.86. The summed E-state index contributed by atoms with van der Waals surface area (Å²) in [4.78, 5) is 16.8. The Kier molecular flexibility index (Phi) is 5.36. The first-order chi connectivity index (χ1) is 18.1. The molecule has 0 aliphatic carbocycles. The molecule has 0 bridgehead atoms. The number of fused-ring (bicyclic) bond motifs is 2. The lowest BCUT2D eigenvalue weighted by Crippen LogP contribution is -2.34. The molecule has 2 aliphatic rings. The van der Waals surface area contributed by atoms with E-state index in [1.54, 1.807) is 29.5 Å². The van der Waals surface area contributed by atoms with Crippen molar-refractivity contribution in [2.75, 3.05) is 13.2 Å². The lowest BCUT2D eigenvalue weighted by molar-refractivity contribution is 0.00706. The van der Waals surface area contributed by atoms with Crippen LogP contribution in [0.2, 0.25) is 5.02 Å². The van der Waals surface area contributed by atoms with Gasteiger partial charge in [0, 0.05) is 11.1 Å². The van der Waals surface area contributed by atoms with Crippen molar-refractivity contribution in [3.05, 3.63) is 66.3 Å². The first-order valence-electron chi connectivity index (χ1n) is 11.7. The van der Waals surface area contributed by atoms with Crippen molar-refractivity contribution >= 4 is 22.8 Å². The van der Waals surface area contributed by atoms with Gasteiger partial charge in [0.2, 0.25) is 0 Å². The highest BCUT2D eigenvalue weighted by atomic mass is 35.5.